The molecule has 4 rings (SSSR count). The van der Waals surface area contributed by atoms with Crippen LogP contribution in [0.2, 0.25) is 5.02 Å². The number of rotatable bonds is 5. The molecule has 0 N–H and O–H groups in total. The van der Waals surface area contributed by atoms with E-state index in [1.165, 1.54) is 6.07 Å². The molecule has 0 aliphatic carbocycles. The van der Waals surface area contributed by atoms with Crippen molar-refractivity contribution >= 4 is 32.3 Å². The monoisotopic (exact) mass is 418 g/mol. The van der Waals surface area contributed by atoms with Crippen LogP contribution in [-0.4, -0.2) is 35.8 Å². The molecule has 1 saturated heterocycles. The van der Waals surface area contributed by atoms with Gasteiger partial charge in [0.1, 0.15) is 5.82 Å². The Kier molecular flexibility index (Phi) is 5.36. The molecule has 1 atom stereocenters. The molecule has 0 bridgehead atoms. The summed E-state index contributed by atoms with van der Waals surface area (Å²) in [6, 6.07) is 13.9. The third-order valence-corrected chi connectivity index (χ3v) is 7.31. The zero-order chi connectivity index (χ0) is 19.7. The second-order valence-corrected chi connectivity index (χ2v) is 9.80. The Bertz CT molecular complexity index is 1120. The van der Waals surface area contributed by atoms with E-state index >= 15 is 0 Å². The Balaban J connectivity index is 1.70. The smallest absolute Gasteiger partial charge is 0.151 e. The minimum atomic E-state index is -3.06. The molecule has 2 aromatic carbocycles. The van der Waals surface area contributed by atoms with Gasteiger partial charge in [-0.2, -0.15) is 0 Å². The fourth-order valence-electron chi connectivity index (χ4n) is 3.77. The molecule has 1 aliphatic rings. The largest absolute Gasteiger partial charge is 0.291 e. The third-order valence-electron chi connectivity index (χ3n) is 5.23. The average Bonchev–Trinajstić information content (AvgIpc) is 3.05. The van der Waals surface area contributed by atoms with Crippen molar-refractivity contribution in [3.8, 4) is 0 Å². The maximum absolute atomic E-state index is 14.3. The number of nitrogens with zero attached hydrogens (tertiary/aromatic N) is 2. The summed E-state index contributed by atoms with van der Waals surface area (Å²) in [7, 11) is -3.06. The molecule has 0 unspecified atom stereocenters. The number of aromatic nitrogens is 1. The van der Waals surface area contributed by atoms with E-state index in [4.69, 9.17) is 11.6 Å². The van der Waals surface area contributed by atoms with Crippen molar-refractivity contribution in [2.24, 2.45) is 0 Å². The van der Waals surface area contributed by atoms with Gasteiger partial charge in [-0.25, -0.2) is 12.8 Å². The first-order chi connectivity index (χ1) is 13.4. The fourth-order valence-corrected chi connectivity index (χ4v) is 5.74. The van der Waals surface area contributed by atoms with Crippen LogP contribution in [-0.2, 0) is 22.9 Å². The van der Waals surface area contributed by atoms with Gasteiger partial charge in [0.05, 0.1) is 17.0 Å². The molecule has 0 radical (unpaired) electrons. The first-order valence-corrected chi connectivity index (χ1v) is 11.3. The Morgan fingerprint density at radius 3 is 2.61 bits per heavy atom. The molecule has 28 heavy (non-hydrogen) atoms. The van der Waals surface area contributed by atoms with E-state index in [2.05, 4.69) is 4.98 Å². The van der Waals surface area contributed by atoms with Gasteiger partial charge in [-0.05, 0) is 36.2 Å². The van der Waals surface area contributed by atoms with Crippen molar-refractivity contribution in [3.63, 3.8) is 0 Å². The SMILES string of the molecule is O=S1(=O)CC[C@@H](N(Cc2ccccc2F)Cc2ccc(Cl)c3cccnc23)C1. The van der Waals surface area contributed by atoms with Gasteiger partial charge in [0.25, 0.3) is 0 Å². The van der Waals surface area contributed by atoms with E-state index in [0.29, 0.717) is 30.1 Å². The summed E-state index contributed by atoms with van der Waals surface area (Å²) in [6.45, 7) is 0.809. The Morgan fingerprint density at radius 2 is 1.86 bits per heavy atom. The van der Waals surface area contributed by atoms with Crippen LogP contribution in [0.25, 0.3) is 10.9 Å². The van der Waals surface area contributed by atoms with Crippen molar-refractivity contribution in [3.05, 3.63) is 76.7 Å². The van der Waals surface area contributed by atoms with Crippen LogP contribution in [0.5, 0.6) is 0 Å². The predicted molar refractivity (Wildman–Crippen MR) is 109 cm³/mol. The molecular formula is C21H20ClFN2O2S. The van der Waals surface area contributed by atoms with E-state index in [1.807, 2.05) is 29.2 Å². The second kappa shape index (κ2) is 7.78. The molecule has 0 spiro atoms. The summed E-state index contributed by atoms with van der Waals surface area (Å²) in [5.41, 5.74) is 2.29. The van der Waals surface area contributed by atoms with Gasteiger partial charge in [-0.15, -0.1) is 0 Å². The lowest BCUT2D eigenvalue weighted by Gasteiger charge is -2.28. The second-order valence-electron chi connectivity index (χ2n) is 7.16. The standard InChI is InChI=1S/C21H20ClFN2O2S/c22-19-8-7-16(21-18(19)5-3-10-24-21)13-25(17-9-11-28(26,27)14-17)12-15-4-1-2-6-20(15)23/h1-8,10,17H,9,11-14H2/t17-/m1/s1. The van der Waals surface area contributed by atoms with Gasteiger partial charge in [-0.3, -0.25) is 9.88 Å². The maximum Gasteiger partial charge on any atom is 0.151 e. The Labute approximate surface area is 168 Å². The normalized spacial score (nSPS) is 18.8. The number of hydrogen-bond donors (Lipinski definition) is 0. The number of hydrogen-bond acceptors (Lipinski definition) is 4. The van der Waals surface area contributed by atoms with Crippen LogP contribution in [0.1, 0.15) is 17.5 Å². The topological polar surface area (TPSA) is 50.3 Å². The summed E-state index contributed by atoms with van der Waals surface area (Å²) in [5, 5.41) is 1.47. The summed E-state index contributed by atoms with van der Waals surface area (Å²) in [4.78, 5) is 6.51. The summed E-state index contributed by atoms with van der Waals surface area (Å²) in [6.07, 6.45) is 2.26. The third kappa shape index (κ3) is 4.04. The minimum absolute atomic E-state index is 0.0976. The molecule has 4 nitrogen and oxygen atoms in total. The van der Waals surface area contributed by atoms with Crippen LogP contribution >= 0.6 is 11.6 Å². The highest BCUT2D eigenvalue weighted by Gasteiger charge is 2.33. The first-order valence-electron chi connectivity index (χ1n) is 9.13. The average molecular weight is 419 g/mol. The minimum Gasteiger partial charge on any atom is -0.291 e. The van der Waals surface area contributed by atoms with Crippen LogP contribution in [0.3, 0.4) is 0 Å². The van der Waals surface area contributed by atoms with Gasteiger partial charge in [0.15, 0.2) is 9.84 Å². The number of benzene rings is 2. The van der Waals surface area contributed by atoms with Crippen molar-refractivity contribution in [1.29, 1.82) is 0 Å². The zero-order valence-corrected chi connectivity index (χ0v) is 16.8. The van der Waals surface area contributed by atoms with Gasteiger partial charge in [-0.1, -0.05) is 35.9 Å². The Hall–Kier alpha value is -2.02. The van der Waals surface area contributed by atoms with Crippen LogP contribution < -0.4 is 0 Å². The highest BCUT2D eigenvalue weighted by Crippen LogP contribution is 2.28. The van der Waals surface area contributed by atoms with E-state index in [0.717, 1.165) is 16.5 Å². The number of sulfone groups is 1. The lowest BCUT2D eigenvalue weighted by atomic mass is 10.1. The molecule has 1 fully saturated rings. The summed E-state index contributed by atoms with van der Waals surface area (Å²) >= 11 is 6.30. The summed E-state index contributed by atoms with van der Waals surface area (Å²) < 4.78 is 38.3. The van der Waals surface area contributed by atoms with Crippen molar-refractivity contribution < 1.29 is 12.8 Å². The number of pyridine rings is 1. The van der Waals surface area contributed by atoms with Crippen molar-refractivity contribution in [1.82, 2.24) is 9.88 Å². The lowest BCUT2D eigenvalue weighted by molar-refractivity contribution is 0.192. The van der Waals surface area contributed by atoms with E-state index in [1.54, 1.807) is 24.4 Å². The van der Waals surface area contributed by atoms with E-state index in [9.17, 15) is 12.8 Å². The molecule has 1 aliphatic heterocycles. The van der Waals surface area contributed by atoms with Crippen molar-refractivity contribution in [2.45, 2.75) is 25.6 Å². The van der Waals surface area contributed by atoms with E-state index in [-0.39, 0.29) is 23.4 Å². The molecule has 0 saturated carbocycles. The van der Waals surface area contributed by atoms with Gasteiger partial charge in [0.2, 0.25) is 0 Å². The van der Waals surface area contributed by atoms with Crippen LogP contribution in [0, 0.1) is 5.82 Å². The highest BCUT2D eigenvalue weighted by molar-refractivity contribution is 7.91. The lowest BCUT2D eigenvalue weighted by Crippen LogP contribution is -2.35. The van der Waals surface area contributed by atoms with Gasteiger partial charge < -0.3 is 0 Å². The molecule has 3 aromatic rings. The van der Waals surface area contributed by atoms with Gasteiger partial charge >= 0.3 is 0 Å². The molecule has 2 heterocycles. The van der Waals surface area contributed by atoms with Crippen molar-refractivity contribution in [2.75, 3.05) is 11.5 Å². The Morgan fingerprint density at radius 1 is 1.07 bits per heavy atom. The van der Waals surface area contributed by atoms with Crippen LogP contribution in [0.15, 0.2) is 54.7 Å². The molecule has 1 aromatic heterocycles. The molecule has 0 amide bonds. The summed E-state index contributed by atoms with van der Waals surface area (Å²) in [5.74, 6) is -0.0155. The maximum atomic E-state index is 14.3. The van der Waals surface area contributed by atoms with Gasteiger partial charge in [0, 0.05) is 41.3 Å². The van der Waals surface area contributed by atoms with E-state index < -0.39 is 9.84 Å². The zero-order valence-electron chi connectivity index (χ0n) is 15.2. The molecular weight excluding hydrogens is 399 g/mol. The molecule has 7 heteroatoms. The molecule has 146 valence electrons. The fraction of sp³-hybridized carbons (Fsp3) is 0.286. The van der Waals surface area contributed by atoms with Crippen LogP contribution in [0.4, 0.5) is 4.39 Å². The number of halogens is 2. The number of fused-ring (bicyclic) bond motifs is 1. The quantitative estimate of drug-likeness (QED) is 0.622. The highest BCUT2D eigenvalue weighted by atomic mass is 35.5. The first kappa shape index (κ1) is 19.3. The predicted octanol–water partition coefficient (Wildman–Crippen LogP) is 4.22.